The third kappa shape index (κ3) is 4.72. The van der Waals surface area contributed by atoms with Gasteiger partial charge in [0, 0.05) is 25.0 Å². The molecule has 1 amide bonds. The molecule has 0 radical (unpaired) electrons. The number of pyridine rings is 2. The normalized spacial score (nSPS) is 10.1. The fraction of sp³-hybridized carbons (Fsp3) is 0.150. The van der Waals surface area contributed by atoms with Crippen molar-refractivity contribution in [3.05, 3.63) is 72.3 Å². The van der Waals surface area contributed by atoms with E-state index in [0.29, 0.717) is 29.4 Å². The predicted molar refractivity (Wildman–Crippen MR) is 103 cm³/mol. The Morgan fingerprint density at radius 3 is 2.52 bits per heavy atom. The predicted octanol–water partition coefficient (Wildman–Crippen LogP) is 3.36. The number of aromatic nitrogens is 2. The van der Waals surface area contributed by atoms with Crippen molar-refractivity contribution >= 4 is 17.3 Å². The van der Waals surface area contributed by atoms with Gasteiger partial charge in [-0.25, -0.2) is 4.98 Å². The monoisotopic (exact) mass is 364 g/mol. The highest BCUT2D eigenvalue weighted by atomic mass is 16.5. The maximum absolute atomic E-state index is 12.4. The molecule has 27 heavy (non-hydrogen) atoms. The van der Waals surface area contributed by atoms with Crippen LogP contribution in [0, 0.1) is 0 Å². The Morgan fingerprint density at radius 1 is 1.04 bits per heavy atom. The highest BCUT2D eigenvalue weighted by Gasteiger charge is 2.12. The van der Waals surface area contributed by atoms with E-state index in [-0.39, 0.29) is 5.91 Å². The molecule has 2 aromatic heterocycles. The lowest BCUT2D eigenvalue weighted by atomic mass is 10.2. The highest BCUT2D eigenvalue weighted by Crippen LogP contribution is 2.29. The third-order valence-electron chi connectivity index (χ3n) is 3.90. The molecule has 0 aliphatic rings. The summed E-state index contributed by atoms with van der Waals surface area (Å²) in [6.45, 7) is 0.652. The molecule has 1 aromatic carbocycles. The van der Waals surface area contributed by atoms with Gasteiger partial charge in [0.25, 0.3) is 5.91 Å². The topological polar surface area (TPSA) is 85.4 Å². The van der Waals surface area contributed by atoms with Crippen LogP contribution in [-0.2, 0) is 6.54 Å². The number of hydrogen-bond donors (Lipinski definition) is 2. The minimum absolute atomic E-state index is 0.308. The van der Waals surface area contributed by atoms with E-state index in [9.17, 15) is 4.79 Å². The second kappa shape index (κ2) is 8.66. The Labute approximate surface area is 157 Å². The van der Waals surface area contributed by atoms with Crippen LogP contribution in [0.1, 0.15) is 16.1 Å². The lowest BCUT2D eigenvalue weighted by molar-refractivity contribution is 0.102. The molecule has 0 spiro atoms. The molecule has 7 nitrogen and oxygen atoms in total. The van der Waals surface area contributed by atoms with Gasteiger partial charge in [-0.1, -0.05) is 0 Å². The van der Waals surface area contributed by atoms with E-state index in [2.05, 4.69) is 20.6 Å². The number of hydrogen-bond acceptors (Lipinski definition) is 6. The van der Waals surface area contributed by atoms with Crippen LogP contribution in [0.15, 0.2) is 61.1 Å². The minimum atomic E-state index is -0.320. The van der Waals surface area contributed by atoms with Crippen LogP contribution in [0.4, 0.5) is 11.4 Å². The van der Waals surface area contributed by atoms with Gasteiger partial charge in [0.15, 0.2) is 0 Å². The van der Waals surface area contributed by atoms with Crippen molar-refractivity contribution in [1.82, 2.24) is 9.97 Å². The van der Waals surface area contributed by atoms with Crippen LogP contribution in [0.3, 0.4) is 0 Å². The Kier molecular flexibility index (Phi) is 5.84. The summed E-state index contributed by atoms with van der Waals surface area (Å²) < 4.78 is 10.4. The van der Waals surface area contributed by atoms with Gasteiger partial charge in [-0.2, -0.15) is 0 Å². The number of amides is 1. The zero-order valence-electron chi connectivity index (χ0n) is 15.1. The maximum atomic E-state index is 12.4. The molecule has 7 heteroatoms. The third-order valence-corrected chi connectivity index (χ3v) is 3.90. The van der Waals surface area contributed by atoms with E-state index in [4.69, 9.17) is 9.47 Å². The molecule has 0 unspecified atom stereocenters. The van der Waals surface area contributed by atoms with E-state index >= 15 is 0 Å². The summed E-state index contributed by atoms with van der Waals surface area (Å²) >= 11 is 0. The molecule has 0 atom stereocenters. The summed E-state index contributed by atoms with van der Waals surface area (Å²) in [6.07, 6.45) is 5.12. The molecular weight excluding hydrogens is 344 g/mol. The molecule has 0 aliphatic carbocycles. The minimum Gasteiger partial charge on any atom is -0.497 e. The van der Waals surface area contributed by atoms with Crippen molar-refractivity contribution in [2.75, 3.05) is 24.9 Å². The molecule has 3 rings (SSSR count). The fourth-order valence-electron chi connectivity index (χ4n) is 2.43. The summed E-state index contributed by atoms with van der Waals surface area (Å²) in [5.74, 6) is 0.838. The van der Waals surface area contributed by atoms with Gasteiger partial charge in [0.2, 0.25) is 0 Å². The van der Waals surface area contributed by atoms with Crippen molar-refractivity contribution in [2.45, 2.75) is 6.54 Å². The summed E-state index contributed by atoms with van der Waals surface area (Å²) in [5.41, 5.74) is 2.79. The first-order chi connectivity index (χ1) is 13.2. The van der Waals surface area contributed by atoms with Gasteiger partial charge in [0.1, 0.15) is 17.2 Å². The summed E-state index contributed by atoms with van der Waals surface area (Å²) in [4.78, 5) is 20.7. The average molecular weight is 364 g/mol. The van der Waals surface area contributed by atoms with Crippen molar-refractivity contribution in [3.63, 3.8) is 0 Å². The molecule has 2 N–H and O–H groups in total. The molecule has 138 valence electrons. The van der Waals surface area contributed by atoms with E-state index in [0.717, 1.165) is 11.3 Å². The first-order valence-corrected chi connectivity index (χ1v) is 8.32. The quantitative estimate of drug-likeness (QED) is 0.669. The summed E-state index contributed by atoms with van der Waals surface area (Å²) in [7, 11) is 3.10. The number of methoxy groups -OCH3 is 2. The Hall–Kier alpha value is -3.61. The Bertz CT molecular complexity index is 899. The van der Waals surface area contributed by atoms with Crippen molar-refractivity contribution < 1.29 is 14.3 Å². The van der Waals surface area contributed by atoms with Crippen molar-refractivity contribution in [1.29, 1.82) is 0 Å². The van der Waals surface area contributed by atoms with Crippen LogP contribution in [-0.4, -0.2) is 30.1 Å². The number of anilines is 2. The van der Waals surface area contributed by atoms with Crippen molar-refractivity contribution in [3.8, 4) is 11.5 Å². The molecule has 0 aliphatic heterocycles. The number of carbonyl (C=O) groups is 1. The largest absolute Gasteiger partial charge is 0.497 e. The fourth-order valence-corrected chi connectivity index (χ4v) is 2.43. The number of carbonyl (C=O) groups excluding carboxylic acids is 1. The summed E-state index contributed by atoms with van der Waals surface area (Å²) in [6, 6.07) is 12.5. The molecule has 0 bridgehead atoms. The number of ether oxygens (including phenoxy) is 2. The lowest BCUT2D eigenvalue weighted by Crippen LogP contribution is -2.14. The first kappa shape index (κ1) is 18.2. The highest BCUT2D eigenvalue weighted by molar-refractivity contribution is 6.03. The van der Waals surface area contributed by atoms with E-state index in [1.165, 1.54) is 7.11 Å². The van der Waals surface area contributed by atoms with Crippen molar-refractivity contribution in [2.24, 2.45) is 0 Å². The van der Waals surface area contributed by atoms with Gasteiger partial charge < -0.3 is 20.1 Å². The smallest absolute Gasteiger partial charge is 0.274 e. The van der Waals surface area contributed by atoms with Gasteiger partial charge in [0.05, 0.1) is 31.8 Å². The first-order valence-electron chi connectivity index (χ1n) is 8.32. The second-order valence-corrected chi connectivity index (χ2v) is 5.66. The SMILES string of the molecule is COc1ccc(NC(=O)c2ccc(NCc3ccncc3)cn2)c(OC)c1. The van der Waals surface area contributed by atoms with Gasteiger partial charge in [-0.15, -0.1) is 0 Å². The van der Waals surface area contributed by atoms with Gasteiger partial charge in [-0.05, 0) is 42.0 Å². The van der Waals surface area contributed by atoms with Crippen LogP contribution >= 0.6 is 0 Å². The molecular formula is C20H20N4O3. The van der Waals surface area contributed by atoms with Gasteiger partial charge >= 0.3 is 0 Å². The molecule has 0 saturated carbocycles. The molecule has 3 aromatic rings. The maximum Gasteiger partial charge on any atom is 0.274 e. The molecule has 2 heterocycles. The van der Waals surface area contributed by atoms with E-state index in [1.807, 2.05) is 18.2 Å². The zero-order valence-corrected chi connectivity index (χ0v) is 15.1. The second-order valence-electron chi connectivity index (χ2n) is 5.66. The van der Waals surface area contributed by atoms with Crippen LogP contribution < -0.4 is 20.1 Å². The van der Waals surface area contributed by atoms with Crippen LogP contribution in [0.5, 0.6) is 11.5 Å². The molecule has 0 saturated heterocycles. The van der Waals surface area contributed by atoms with Crippen LogP contribution in [0.2, 0.25) is 0 Å². The zero-order chi connectivity index (χ0) is 19.1. The van der Waals surface area contributed by atoms with Gasteiger partial charge in [-0.3, -0.25) is 9.78 Å². The summed E-state index contributed by atoms with van der Waals surface area (Å²) in [5, 5.41) is 6.05. The van der Waals surface area contributed by atoms with E-state index < -0.39 is 0 Å². The van der Waals surface area contributed by atoms with Crippen LogP contribution in [0.25, 0.3) is 0 Å². The number of rotatable bonds is 7. The Morgan fingerprint density at radius 2 is 1.85 bits per heavy atom. The number of nitrogens with one attached hydrogen (secondary N) is 2. The number of nitrogens with zero attached hydrogens (tertiary/aromatic N) is 2. The standard InChI is InChI=1S/C20H20N4O3/c1-26-16-4-6-17(19(11-16)27-2)24-20(25)18-5-3-15(13-23-18)22-12-14-7-9-21-10-8-14/h3-11,13,22H,12H2,1-2H3,(H,24,25). The number of benzene rings is 1. The van der Waals surface area contributed by atoms with E-state index in [1.54, 1.807) is 50.0 Å². The Balaban J connectivity index is 1.64. The average Bonchev–Trinajstić information content (AvgIpc) is 2.73. The molecule has 0 fully saturated rings. The lowest BCUT2D eigenvalue weighted by Gasteiger charge is -2.11.